The fourth-order valence-corrected chi connectivity index (χ4v) is 6.37. The Balaban J connectivity index is 1.69. The fourth-order valence-electron chi connectivity index (χ4n) is 6.37. The molecular formula is C35H27N. The summed E-state index contributed by atoms with van der Waals surface area (Å²) in [6.07, 6.45) is 3.78. The maximum absolute atomic E-state index is 4.28. The summed E-state index contributed by atoms with van der Waals surface area (Å²) >= 11 is 0. The van der Waals surface area contributed by atoms with Crippen LogP contribution in [0.3, 0.4) is 0 Å². The summed E-state index contributed by atoms with van der Waals surface area (Å²) in [5, 5.41) is 5.15. The lowest BCUT2D eigenvalue weighted by atomic mass is 9.80. The van der Waals surface area contributed by atoms with E-state index in [2.05, 4.69) is 123 Å². The first kappa shape index (κ1) is 21.1. The lowest BCUT2D eigenvalue weighted by molar-refractivity contribution is 0.660. The monoisotopic (exact) mass is 461 g/mol. The molecule has 1 aliphatic rings. The third kappa shape index (κ3) is 2.86. The van der Waals surface area contributed by atoms with Crippen LogP contribution in [0.15, 0.2) is 109 Å². The number of fused-ring (bicyclic) bond motifs is 5. The van der Waals surface area contributed by atoms with E-state index in [1.807, 2.05) is 12.4 Å². The zero-order valence-electron chi connectivity index (χ0n) is 20.8. The first-order valence-electron chi connectivity index (χ1n) is 12.6. The van der Waals surface area contributed by atoms with Gasteiger partial charge in [-0.05, 0) is 85.1 Å². The molecule has 6 aromatic rings. The average Bonchev–Trinajstić information content (AvgIpc) is 3.15. The first-order valence-corrected chi connectivity index (χ1v) is 12.6. The Kier molecular flexibility index (Phi) is 4.47. The highest BCUT2D eigenvalue weighted by Crippen LogP contribution is 2.54. The minimum absolute atomic E-state index is 0.0273. The van der Waals surface area contributed by atoms with Gasteiger partial charge in [-0.15, -0.1) is 0 Å². The molecule has 1 aliphatic carbocycles. The third-order valence-electron chi connectivity index (χ3n) is 8.03. The van der Waals surface area contributed by atoms with Crippen molar-refractivity contribution in [2.75, 3.05) is 0 Å². The third-order valence-corrected chi connectivity index (χ3v) is 8.03. The molecular weight excluding hydrogens is 434 g/mol. The van der Waals surface area contributed by atoms with E-state index in [0.717, 1.165) is 0 Å². The van der Waals surface area contributed by atoms with E-state index in [1.165, 1.54) is 71.6 Å². The van der Waals surface area contributed by atoms with Gasteiger partial charge in [0, 0.05) is 17.8 Å². The standard InChI is InChI=1S/C35H27N/c1-22-15-16-26-29(21-22)33(25-10-5-4-9-24(25)32(26)23-17-19-36-20-18-23)28-12-8-14-31-34(28)27-11-6-7-13-30(27)35(31,2)3/h4-21H,1-3H3. The van der Waals surface area contributed by atoms with Crippen LogP contribution >= 0.6 is 0 Å². The number of hydrogen-bond donors (Lipinski definition) is 0. The van der Waals surface area contributed by atoms with Crippen molar-refractivity contribution in [3.63, 3.8) is 0 Å². The minimum atomic E-state index is -0.0273. The highest BCUT2D eigenvalue weighted by molar-refractivity contribution is 6.22. The van der Waals surface area contributed by atoms with Crippen LogP contribution in [0, 0.1) is 6.92 Å². The SMILES string of the molecule is Cc1ccc2c(-c3ccncc3)c3ccccc3c(-c3cccc4c3-c3ccccc3C4(C)C)c2c1. The summed E-state index contributed by atoms with van der Waals surface area (Å²) in [6.45, 7) is 6.90. The van der Waals surface area contributed by atoms with Gasteiger partial charge in [0.25, 0.3) is 0 Å². The smallest absolute Gasteiger partial charge is 0.0273 e. The first-order chi connectivity index (χ1) is 17.6. The molecule has 0 saturated heterocycles. The molecule has 1 nitrogen and oxygen atoms in total. The van der Waals surface area contributed by atoms with Crippen molar-refractivity contribution in [1.29, 1.82) is 0 Å². The molecule has 1 heterocycles. The molecule has 0 spiro atoms. The van der Waals surface area contributed by atoms with Crippen LogP contribution in [0.5, 0.6) is 0 Å². The molecule has 0 N–H and O–H groups in total. The van der Waals surface area contributed by atoms with Gasteiger partial charge in [0.1, 0.15) is 0 Å². The number of aromatic nitrogens is 1. The second-order valence-corrected chi connectivity index (χ2v) is 10.5. The van der Waals surface area contributed by atoms with Gasteiger partial charge in [-0.25, -0.2) is 0 Å². The summed E-state index contributed by atoms with van der Waals surface area (Å²) in [5.74, 6) is 0. The lowest BCUT2D eigenvalue weighted by Crippen LogP contribution is -2.14. The predicted octanol–water partition coefficient (Wildman–Crippen LogP) is 9.34. The molecule has 1 heteroatoms. The van der Waals surface area contributed by atoms with E-state index in [0.29, 0.717) is 0 Å². The fraction of sp³-hybridized carbons (Fsp3) is 0.114. The number of pyridine rings is 1. The van der Waals surface area contributed by atoms with Crippen molar-refractivity contribution < 1.29 is 0 Å². The highest BCUT2D eigenvalue weighted by atomic mass is 14.6. The van der Waals surface area contributed by atoms with Crippen molar-refractivity contribution in [3.8, 4) is 33.4 Å². The normalized spacial score (nSPS) is 13.6. The van der Waals surface area contributed by atoms with Gasteiger partial charge in [-0.2, -0.15) is 0 Å². The van der Waals surface area contributed by atoms with Crippen LogP contribution in [0.2, 0.25) is 0 Å². The number of rotatable bonds is 2. The molecule has 5 aromatic carbocycles. The van der Waals surface area contributed by atoms with Crippen LogP contribution in [-0.4, -0.2) is 4.98 Å². The van der Waals surface area contributed by atoms with Gasteiger partial charge >= 0.3 is 0 Å². The quantitative estimate of drug-likeness (QED) is 0.234. The summed E-state index contributed by atoms with van der Waals surface area (Å²) in [7, 11) is 0. The highest BCUT2D eigenvalue weighted by Gasteiger charge is 2.37. The molecule has 0 unspecified atom stereocenters. The Bertz CT molecular complexity index is 1810. The molecule has 0 saturated carbocycles. The maximum atomic E-state index is 4.28. The van der Waals surface area contributed by atoms with Crippen LogP contribution in [0.1, 0.15) is 30.5 Å². The van der Waals surface area contributed by atoms with E-state index >= 15 is 0 Å². The summed E-state index contributed by atoms with van der Waals surface area (Å²) in [4.78, 5) is 4.28. The molecule has 0 bridgehead atoms. The van der Waals surface area contributed by atoms with Crippen molar-refractivity contribution in [2.24, 2.45) is 0 Å². The molecule has 0 fully saturated rings. The van der Waals surface area contributed by atoms with Crippen molar-refractivity contribution in [3.05, 3.63) is 126 Å². The molecule has 1 aromatic heterocycles. The molecule has 0 amide bonds. The van der Waals surface area contributed by atoms with Crippen molar-refractivity contribution in [1.82, 2.24) is 4.98 Å². The van der Waals surface area contributed by atoms with E-state index in [-0.39, 0.29) is 5.41 Å². The second-order valence-electron chi connectivity index (χ2n) is 10.5. The van der Waals surface area contributed by atoms with Crippen molar-refractivity contribution in [2.45, 2.75) is 26.2 Å². The van der Waals surface area contributed by atoms with Gasteiger partial charge in [0.05, 0.1) is 0 Å². The van der Waals surface area contributed by atoms with Gasteiger partial charge in [0.15, 0.2) is 0 Å². The predicted molar refractivity (Wildman–Crippen MR) is 152 cm³/mol. The van der Waals surface area contributed by atoms with Crippen molar-refractivity contribution >= 4 is 21.5 Å². The molecule has 7 rings (SSSR count). The Morgan fingerprint density at radius 2 is 1.17 bits per heavy atom. The maximum Gasteiger partial charge on any atom is 0.0273 e. The zero-order chi connectivity index (χ0) is 24.4. The number of aryl methyl sites for hydroxylation is 1. The van der Waals surface area contributed by atoms with Gasteiger partial charge in [0.2, 0.25) is 0 Å². The second kappa shape index (κ2) is 7.63. The zero-order valence-corrected chi connectivity index (χ0v) is 20.8. The number of hydrogen-bond acceptors (Lipinski definition) is 1. The summed E-state index contributed by atoms with van der Waals surface area (Å²) in [5.41, 5.74) is 11.9. The summed E-state index contributed by atoms with van der Waals surface area (Å²) in [6, 6.07) is 35.9. The average molecular weight is 462 g/mol. The van der Waals surface area contributed by atoms with E-state index in [4.69, 9.17) is 0 Å². The Morgan fingerprint density at radius 1 is 0.528 bits per heavy atom. The molecule has 0 radical (unpaired) electrons. The van der Waals surface area contributed by atoms with Crippen LogP contribution in [0.25, 0.3) is 54.9 Å². The number of benzene rings is 5. The number of nitrogens with zero attached hydrogens (tertiary/aromatic N) is 1. The van der Waals surface area contributed by atoms with Gasteiger partial charge < -0.3 is 0 Å². The van der Waals surface area contributed by atoms with Crippen LogP contribution < -0.4 is 0 Å². The Labute approximate surface area is 212 Å². The minimum Gasteiger partial charge on any atom is -0.265 e. The molecule has 0 aliphatic heterocycles. The van der Waals surface area contributed by atoms with Gasteiger partial charge in [-0.3, -0.25) is 4.98 Å². The molecule has 0 atom stereocenters. The lowest BCUT2D eigenvalue weighted by Gasteiger charge is -2.22. The van der Waals surface area contributed by atoms with Crippen LogP contribution in [0.4, 0.5) is 0 Å². The van der Waals surface area contributed by atoms with E-state index < -0.39 is 0 Å². The largest absolute Gasteiger partial charge is 0.265 e. The Hall–Kier alpha value is -4.23. The molecule has 172 valence electrons. The Morgan fingerprint density at radius 3 is 1.97 bits per heavy atom. The van der Waals surface area contributed by atoms with Crippen LogP contribution in [-0.2, 0) is 5.41 Å². The van der Waals surface area contributed by atoms with E-state index in [9.17, 15) is 0 Å². The topological polar surface area (TPSA) is 12.9 Å². The van der Waals surface area contributed by atoms with Gasteiger partial charge in [-0.1, -0.05) is 104 Å². The molecule has 36 heavy (non-hydrogen) atoms. The van der Waals surface area contributed by atoms with E-state index in [1.54, 1.807) is 0 Å². The summed E-state index contributed by atoms with van der Waals surface area (Å²) < 4.78 is 0.